The molecule has 0 spiro atoms. The molecule has 7 aromatic carbocycles. The van der Waals surface area contributed by atoms with Gasteiger partial charge in [-0.3, -0.25) is 4.40 Å². The van der Waals surface area contributed by atoms with Gasteiger partial charge in [-0.05, 0) is 81.9 Å². The van der Waals surface area contributed by atoms with Crippen LogP contribution in [0.3, 0.4) is 0 Å². The highest BCUT2D eigenvalue weighted by atomic mass is 32.1. The van der Waals surface area contributed by atoms with E-state index in [0.717, 1.165) is 50.3 Å². The van der Waals surface area contributed by atoms with E-state index in [2.05, 4.69) is 180 Å². The summed E-state index contributed by atoms with van der Waals surface area (Å²) in [7, 11) is 0. The molecule has 11 rings (SSSR count). The lowest BCUT2D eigenvalue weighted by molar-refractivity contribution is 1.32. The molecule has 0 saturated carbocycles. The maximum Gasteiger partial charge on any atom is 0.146 e. The van der Waals surface area contributed by atoms with Gasteiger partial charge in [0, 0.05) is 32.0 Å². The van der Waals surface area contributed by atoms with Gasteiger partial charge >= 0.3 is 0 Å². The summed E-state index contributed by atoms with van der Waals surface area (Å²) in [5.74, 6) is 0. The van der Waals surface area contributed by atoms with Crippen molar-refractivity contribution in [2.45, 2.75) is 0 Å². The SMILES string of the molecule is c1ccc(-c2cc(-c3cccc(-c4cccc(-c5ccc6sc7c8ccccc8c8nc9ccccc9n8c7c6c5)c4)c3)cc(-c3ccccc3)n2)cc1. The topological polar surface area (TPSA) is 30.2 Å². The molecule has 0 unspecified atom stereocenters. The van der Waals surface area contributed by atoms with Gasteiger partial charge in [0.1, 0.15) is 5.65 Å². The van der Waals surface area contributed by atoms with Crippen molar-refractivity contribution in [2.75, 3.05) is 0 Å². The van der Waals surface area contributed by atoms with Crippen LogP contribution in [0.2, 0.25) is 0 Å². The molecule has 4 heteroatoms. The zero-order chi connectivity index (χ0) is 35.6. The molecule has 0 aliphatic heterocycles. The number of thiophene rings is 1. The lowest BCUT2D eigenvalue weighted by Gasteiger charge is -2.12. The number of hydrogen-bond donors (Lipinski definition) is 0. The summed E-state index contributed by atoms with van der Waals surface area (Å²) in [6.07, 6.45) is 0. The Balaban J connectivity index is 1.04. The fourth-order valence-corrected chi connectivity index (χ4v) is 9.15. The van der Waals surface area contributed by atoms with Gasteiger partial charge in [0.25, 0.3) is 0 Å². The largest absolute Gasteiger partial charge is 0.290 e. The molecule has 0 saturated heterocycles. The van der Waals surface area contributed by atoms with Crippen molar-refractivity contribution < 1.29 is 0 Å². The Labute approximate surface area is 316 Å². The third kappa shape index (κ3) is 5.03. The van der Waals surface area contributed by atoms with Crippen molar-refractivity contribution in [1.82, 2.24) is 14.4 Å². The fourth-order valence-electron chi connectivity index (χ4n) is 7.95. The summed E-state index contributed by atoms with van der Waals surface area (Å²) in [6, 6.07) is 67.2. The van der Waals surface area contributed by atoms with E-state index < -0.39 is 0 Å². The molecule has 4 aromatic heterocycles. The Kier molecular flexibility index (Phi) is 7.04. The number of hydrogen-bond acceptors (Lipinski definition) is 3. The van der Waals surface area contributed by atoms with Gasteiger partial charge in [-0.15, -0.1) is 11.3 Å². The van der Waals surface area contributed by atoms with Crippen LogP contribution in [-0.2, 0) is 0 Å². The van der Waals surface area contributed by atoms with E-state index >= 15 is 0 Å². The third-order valence-corrected chi connectivity index (χ3v) is 11.7. The van der Waals surface area contributed by atoms with E-state index in [0.29, 0.717) is 0 Å². The summed E-state index contributed by atoms with van der Waals surface area (Å²) in [4.78, 5) is 10.2. The minimum absolute atomic E-state index is 0.963. The van der Waals surface area contributed by atoms with Gasteiger partial charge < -0.3 is 0 Å². The van der Waals surface area contributed by atoms with Crippen LogP contribution in [0.5, 0.6) is 0 Å². The molecule has 0 atom stereocenters. The molecular formula is C50H31N3S. The Bertz CT molecular complexity index is 3150. The summed E-state index contributed by atoms with van der Waals surface area (Å²) in [5.41, 5.74) is 15.5. The monoisotopic (exact) mass is 705 g/mol. The molecule has 0 bridgehead atoms. The summed E-state index contributed by atoms with van der Waals surface area (Å²) >= 11 is 1.87. The van der Waals surface area contributed by atoms with Gasteiger partial charge in [-0.2, -0.15) is 0 Å². The van der Waals surface area contributed by atoms with Crippen LogP contribution in [0, 0.1) is 0 Å². The fraction of sp³-hybridized carbons (Fsp3) is 0. The van der Waals surface area contributed by atoms with Crippen molar-refractivity contribution in [3.05, 3.63) is 188 Å². The second-order valence-electron chi connectivity index (χ2n) is 13.8. The molecular weight excluding hydrogens is 675 g/mol. The molecule has 11 aromatic rings. The standard InChI is InChI=1S/C50H31N3S/c1-3-13-32(14-4-1)44-30-39(31-45(51-44)33-15-5-2-6-16-33)37-20-12-18-35(28-37)34-17-11-19-36(27-34)38-25-26-47-42(29-38)48-49(54-47)40-21-7-8-22-41(40)50-52-43-23-9-10-24-46(43)53(48)50/h1-31H. The number of para-hydroxylation sites is 2. The van der Waals surface area contributed by atoms with Crippen LogP contribution in [0.15, 0.2) is 188 Å². The highest BCUT2D eigenvalue weighted by molar-refractivity contribution is 7.26. The molecule has 4 heterocycles. The maximum absolute atomic E-state index is 5.14. The highest BCUT2D eigenvalue weighted by Crippen LogP contribution is 2.43. The summed E-state index contributed by atoms with van der Waals surface area (Å²) in [6.45, 7) is 0. The molecule has 252 valence electrons. The van der Waals surface area contributed by atoms with Gasteiger partial charge in [0.15, 0.2) is 0 Å². The second kappa shape index (κ2) is 12.4. The minimum atomic E-state index is 0.963. The Morgan fingerprint density at radius 3 is 1.57 bits per heavy atom. The minimum Gasteiger partial charge on any atom is -0.290 e. The number of benzene rings is 7. The van der Waals surface area contributed by atoms with Gasteiger partial charge in [0.2, 0.25) is 0 Å². The zero-order valence-electron chi connectivity index (χ0n) is 29.1. The molecule has 0 amide bonds. The molecule has 0 fully saturated rings. The summed E-state index contributed by atoms with van der Waals surface area (Å²) in [5, 5.41) is 3.68. The number of imidazole rings is 1. The van der Waals surface area contributed by atoms with Crippen molar-refractivity contribution in [3.63, 3.8) is 0 Å². The first-order valence-electron chi connectivity index (χ1n) is 18.2. The number of aromatic nitrogens is 3. The van der Waals surface area contributed by atoms with Gasteiger partial charge in [0.05, 0.1) is 32.6 Å². The Hall–Kier alpha value is -6.88. The second-order valence-corrected chi connectivity index (χ2v) is 14.9. The van der Waals surface area contributed by atoms with Crippen LogP contribution >= 0.6 is 11.3 Å². The van der Waals surface area contributed by atoms with Crippen molar-refractivity contribution in [3.8, 4) is 55.9 Å². The van der Waals surface area contributed by atoms with Crippen LogP contribution in [0.4, 0.5) is 0 Å². The molecule has 3 nitrogen and oxygen atoms in total. The zero-order valence-corrected chi connectivity index (χ0v) is 30.0. The molecule has 0 aliphatic carbocycles. The maximum atomic E-state index is 5.14. The number of rotatable bonds is 5. The van der Waals surface area contributed by atoms with E-state index in [4.69, 9.17) is 9.97 Å². The lowest BCUT2D eigenvalue weighted by atomic mass is 9.95. The van der Waals surface area contributed by atoms with Crippen molar-refractivity contribution in [2.24, 2.45) is 0 Å². The highest BCUT2D eigenvalue weighted by Gasteiger charge is 2.18. The van der Waals surface area contributed by atoms with Crippen LogP contribution in [0.1, 0.15) is 0 Å². The average molecular weight is 706 g/mol. The van der Waals surface area contributed by atoms with Crippen molar-refractivity contribution in [1.29, 1.82) is 0 Å². The average Bonchev–Trinajstić information content (AvgIpc) is 3.83. The number of nitrogens with zero attached hydrogens (tertiary/aromatic N) is 3. The Morgan fingerprint density at radius 1 is 0.370 bits per heavy atom. The van der Waals surface area contributed by atoms with Crippen molar-refractivity contribution >= 4 is 59.1 Å². The van der Waals surface area contributed by atoms with Crippen LogP contribution in [0.25, 0.3) is 104 Å². The van der Waals surface area contributed by atoms with Crippen LogP contribution in [-0.4, -0.2) is 14.4 Å². The third-order valence-electron chi connectivity index (χ3n) is 10.5. The molecule has 0 N–H and O–H groups in total. The van der Waals surface area contributed by atoms with E-state index in [1.807, 2.05) is 23.5 Å². The van der Waals surface area contributed by atoms with E-state index in [-0.39, 0.29) is 0 Å². The van der Waals surface area contributed by atoms with Crippen LogP contribution < -0.4 is 0 Å². The van der Waals surface area contributed by atoms with E-state index in [1.165, 1.54) is 53.3 Å². The summed E-state index contributed by atoms with van der Waals surface area (Å²) < 4.78 is 4.94. The first kappa shape index (κ1) is 30.7. The first-order chi connectivity index (χ1) is 26.7. The number of pyridine rings is 2. The number of fused-ring (bicyclic) bond motifs is 10. The first-order valence-corrected chi connectivity index (χ1v) is 19.1. The smallest absolute Gasteiger partial charge is 0.146 e. The molecule has 0 aliphatic rings. The predicted molar refractivity (Wildman–Crippen MR) is 228 cm³/mol. The predicted octanol–water partition coefficient (Wildman–Crippen LogP) is 13.7. The quantitative estimate of drug-likeness (QED) is 0.178. The lowest BCUT2D eigenvalue weighted by Crippen LogP contribution is -1.91. The molecule has 54 heavy (non-hydrogen) atoms. The van der Waals surface area contributed by atoms with Gasteiger partial charge in [-0.25, -0.2) is 9.97 Å². The van der Waals surface area contributed by atoms with Gasteiger partial charge in [-0.1, -0.05) is 140 Å². The van der Waals surface area contributed by atoms with E-state index in [1.54, 1.807) is 0 Å². The normalized spacial score (nSPS) is 11.7. The van der Waals surface area contributed by atoms with E-state index in [9.17, 15) is 0 Å². The molecule has 0 radical (unpaired) electrons. The Morgan fingerprint density at radius 2 is 0.907 bits per heavy atom.